The third-order valence-corrected chi connectivity index (χ3v) is 11.0. The molecule has 0 aliphatic rings. The molecular formula is C45H62BF9NO3+. The van der Waals surface area contributed by atoms with Gasteiger partial charge in [-0.05, 0) is 38.5 Å². The molecule has 14 heteroatoms. The Kier molecular flexibility index (Phi) is 21.9. The predicted octanol–water partition coefficient (Wildman–Crippen LogP) is 14.8. The average Bonchev–Trinajstić information content (AvgIpc) is 3.20. The van der Waals surface area contributed by atoms with Crippen molar-refractivity contribution in [3.8, 4) is 17.2 Å². The van der Waals surface area contributed by atoms with E-state index in [1.165, 1.54) is 0 Å². The predicted molar refractivity (Wildman–Crippen MR) is 215 cm³/mol. The van der Waals surface area contributed by atoms with E-state index in [9.17, 15) is 26.3 Å². The van der Waals surface area contributed by atoms with Crippen molar-refractivity contribution < 1.29 is 58.0 Å². The molecule has 1 unspecified atom stereocenters. The fourth-order valence-electron chi connectivity index (χ4n) is 7.88. The molecule has 0 aliphatic heterocycles. The summed E-state index contributed by atoms with van der Waals surface area (Å²) in [5, 5.41) is 0. The molecule has 0 heterocycles. The molecule has 3 aromatic rings. The van der Waals surface area contributed by atoms with E-state index in [4.69, 9.17) is 14.0 Å². The highest BCUT2D eigenvalue weighted by atomic mass is 19.2. The first-order valence-corrected chi connectivity index (χ1v) is 21.6. The smallest absolute Gasteiger partial charge is 0.489 e. The van der Waals surface area contributed by atoms with Crippen LogP contribution in [0.4, 0.5) is 39.5 Å². The van der Waals surface area contributed by atoms with Gasteiger partial charge in [-0.1, -0.05) is 105 Å². The zero-order valence-electron chi connectivity index (χ0n) is 35.2. The Bertz CT molecular complexity index is 1570. The molecule has 330 valence electrons. The van der Waals surface area contributed by atoms with Gasteiger partial charge in [0, 0.05) is 36.8 Å². The van der Waals surface area contributed by atoms with Crippen LogP contribution < -0.4 is 14.0 Å². The molecule has 0 amide bonds. The lowest BCUT2D eigenvalue weighted by Gasteiger charge is -2.46. The van der Waals surface area contributed by atoms with Crippen molar-refractivity contribution in [3.63, 3.8) is 0 Å². The van der Waals surface area contributed by atoms with E-state index in [0.29, 0.717) is 54.4 Å². The molecule has 4 nitrogen and oxygen atoms in total. The first kappa shape index (κ1) is 49.8. The molecule has 0 bridgehead atoms. The van der Waals surface area contributed by atoms with Gasteiger partial charge >= 0.3 is 7.32 Å². The zero-order valence-corrected chi connectivity index (χ0v) is 35.2. The van der Waals surface area contributed by atoms with Crippen molar-refractivity contribution in [3.05, 3.63) is 88.3 Å². The highest BCUT2D eigenvalue weighted by Crippen LogP contribution is 2.42. The van der Waals surface area contributed by atoms with E-state index in [1.54, 1.807) is 0 Å². The van der Waals surface area contributed by atoms with Gasteiger partial charge < -0.3 is 18.4 Å². The van der Waals surface area contributed by atoms with Crippen LogP contribution >= 0.6 is 0 Å². The minimum absolute atomic E-state index is 0.259. The molecule has 0 radical (unpaired) electrons. The summed E-state index contributed by atoms with van der Waals surface area (Å²) in [6.45, 7) is 10.1. The van der Waals surface area contributed by atoms with Crippen molar-refractivity contribution in [1.82, 2.24) is 0 Å². The number of benzene rings is 3. The monoisotopic (exact) mass is 846 g/mol. The third-order valence-electron chi connectivity index (χ3n) is 11.0. The Morgan fingerprint density at radius 3 is 1.12 bits per heavy atom. The van der Waals surface area contributed by atoms with Crippen LogP contribution in [-0.4, -0.2) is 31.4 Å². The van der Waals surface area contributed by atoms with Crippen LogP contribution in [-0.2, 0) is 0 Å². The number of hydrogen-bond donors (Lipinski definition) is 0. The van der Waals surface area contributed by atoms with Crippen molar-refractivity contribution in [2.75, 3.05) is 19.6 Å². The van der Waals surface area contributed by atoms with Gasteiger partial charge in [-0.3, -0.25) is 0 Å². The summed E-state index contributed by atoms with van der Waals surface area (Å²) in [5.74, 6) is -17.3. The van der Waals surface area contributed by atoms with Crippen LogP contribution in [0.5, 0.6) is 17.2 Å². The molecule has 0 saturated heterocycles. The number of rotatable bonds is 30. The summed E-state index contributed by atoms with van der Waals surface area (Å²) in [7, 11) is -2.33. The normalized spacial score (nSPS) is 12.2. The third kappa shape index (κ3) is 15.1. The van der Waals surface area contributed by atoms with Crippen LogP contribution in [0.15, 0.2) is 30.3 Å². The Morgan fingerprint density at radius 2 is 0.763 bits per heavy atom. The Morgan fingerprint density at radius 1 is 0.424 bits per heavy atom. The van der Waals surface area contributed by atoms with Gasteiger partial charge in [-0.25, -0.2) is 39.5 Å². The van der Waals surface area contributed by atoms with E-state index in [1.807, 2.05) is 6.92 Å². The lowest BCUT2D eigenvalue weighted by molar-refractivity contribution is -0.958. The lowest BCUT2D eigenvalue weighted by atomic mass is 9.94. The highest BCUT2D eigenvalue weighted by Gasteiger charge is 2.43. The molecular weight excluding hydrogens is 784 g/mol. The molecule has 0 aromatic heterocycles. The minimum atomic E-state index is -2.33. The van der Waals surface area contributed by atoms with Crippen molar-refractivity contribution in [2.45, 2.75) is 156 Å². The summed E-state index contributed by atoms with van der Waals surface area (Å²) >= 11 is 0. The van der Waals surface area contributed by atoms with Crippen LogP contribution in [0.2, 0.25) is 0 Å². The van der Waals surface area contributed by atoms with Gasteiger partial charge in [0.25, 0.3) is 0 Å². The molecule has 0 fully saturated rings. The van der Waals surface area contributed by atoms with E-state index >= 15 is 13.2 Å². The summed E-state index contributed by atoms with van der Waals surface area (Å²) in [6, 6.07) is 1.50. The quantitative estimate of drug-likeness (QED) is 0.0220. The van der Waals surface area contributed by atoms with Gasteiger partial charge in [-0.15, -0.1) is 0 Å². The van der Waals surface area contributed by atoms with E-state index in [-0.39, 0.29) is 12.0 Å². The van der Waals surface area contributed by atoms with Gasteiger partial charge in [0.05, 0.1) is 25.2 Å². The van der Waals surface area contributed by atoms with Crippen LogP contribution in [0.3, 0.4) is 0 Å². The Labute approximate surface area is 345 Å². The molecule has 0 saturated carbocycles. The van der Waals surface area contributed by atoms with Gasteiger partial charge in [0.2, 0.25) is 0 Å². The maximum absolute atomic E-state index is 16.6. The van der Waals surface area contributed by atoms with Crippen LogP contribution in [0, 0.1) is 52.4 Å². The largest absolute Gasteiger partial charge is 0.864 e. The number of hydrogen-bond acceptors (Lipinski definition) is 3. The maximum atomic E-state index is 16.6. The second kappa shape index (κ2) is 25.9. The first-order chi connectivity index (χ1) is 28.3. The topological polar surface area (TPSA) is 27.7 Å². The van der Waals surface area contributed by atoms with Crippen molar-refractivity contribution >= 4 is 7.32 Å². The average molecular weight is 847 g/mol. The second-order valence-corrected chi connectivity index (χ2v) is 15.6. The fraction of sp³-hybridized carbons (Fsp3) is 0.600. The molecule has 0 spiro atoms. The number of unbranched alkanes of at least 4 members (excludes halogenated alkanes) is 15. The summed E-state index contributed by atoms with van der Waals surface area (Å²) in [4.78, 5) is 0. The highest BCUT2D eigenvalue weighted by molar-refractivity contribution is 6.39. The lowest BCUT2D eigenvalue weighted by Crippen LogP contribution is -2.53. The van der Waals surface area contributed by atoms with Crippen molar-refractivity contribution in [1.29, 1.82) is 0 Å². The Balaban J connectivity index is 2.18. The van der Waals surface area contributed by atoms with Gasteiger partial charge in [-0.2, -0.15) is 0 Å². The second-order valence-electron chi connectivity index (χ2n) is 15.6. The van der Waals surface area contributed by atoms with Gasteiger partial charge in [0.1, 0.15) is 23.3 Å². The molecule has 1 atom stereocenters. The Hall–Kier alpha value is -3.55. The summed E-state index contributed by atoms with van der Waals surface area (Å²) in [5.41, 5.74) is -0.334. The number of halogens is 9. The summed E-state index contributed by atoms with van der Waals surface area (Å²) in [6.07, 6.45) is 18.2. The molecule has 3 rings (SSSR count). The minimum Gasteiger partial charge on any atom is -0.489 e. The summed E-state index contributed by atoms with van der Waals surface area (Å²) < 4.78 is 150. The van der Waals surface area contributed by atoms with Gasteiger partial charge in [0.15, 0.2) is 52.4 Å². The van der Waals surface area contributed by atoms with E-state index in [0.717, 1.165) is 116 Å². The SMILES string of the molecule is CCCCCCCC[N+](CCCCCCCC)(CCCCCCCC)C(CC)c1c(OB(Oc2cc(F)c(F)c(F)c2)Oc2cc(F)c(F)c(F)c2)cc(F)c(F)c1F. The van der Waals surface area contributed by atoms with E-state index < -0.39 is 83.0 Å². The standard InChI is InChI=1S/C45H62BF9NO3/c1-5-9-12-15-18-21-24-56(25-22-19-16-13-10-6-2,26-23-20-17-14-11-7-3)39(8-4)41-40(31-38(51)44(54)45(41)55)59-46(57-32-27-34(47)42(52)35(48)28-32)58-33-29-36(49)43(53)37(50)30-33/h27-31,39H,5-26H2,1-4H3/q+1. The molecule has 0 N–H and O–H groups in total. The first-order valence-electron chi connectivity index (χ1n) is 21.6. The fourth-order valence-corrected chi connectivity index (χ4v) is 7.88. The molecule has 59 heavy (non-hydrogen) atoms. The maximum Gasteiger partial charge on any atom is 0.864 e. The zero-order chi connectivity index (χ0) is 43.4. The molecule has 0 aliphatic carbocycles. The van der Waals surface area contributed by atoms with Crippen molar-refractivity contribution in [2.24, 2.45) is 0 Å². The van der Waals surface area contributed by atoms with Crippen LogP contribution in [0.1, 0.15) is 161 Å². The molecule has 3 aromatic carbocycles. The van der Waals surface area contributed by atoms with Crippen LogP contribution in [0.25, 0.3) is 0 Å². The van der Waals surface area contributed by atoms with E-state index in [2.05, 4.69) is 20.8 Å². The number of nitrogens with zero attached hydrogens (tertiary/aromatic N) is 1. The number of quaternary nitrogens is 1.